The van der Waals surface area contributed by atoms with Gasteiger partial charge >= 0.3 is 0 Å². The molecule has 13 heavy (non-hydrogen) atoms. The predicted molar refractivity (Wildman–Crippen MR) is 52.7 cm³/mol. The SMILES string of the molecule is CCC(N[C@@H](C)CO)C1CCOC1. The standard InChI is InChI=1S/C10H21NO2/c1-3-10(11-8(2)6-12)9-4-5-13-7-9/h8-12H,3-7H2,1-2H3/t8-,9?,10?/m0/s1. The Bertz CT molecular complexity index is 135. The van der Waals surface area contributed by atoms with E-state index in [-0.39, 0.29) is 12.6 Å². The lowest BCUT2D eigenvalue weighted by molar-refractivity contribution is 0.168. The molecule has 0 bridgehead atoms. The Morgan fingerprint density at radius 1 is 1.62 bits per heavy atom. The molecule has 1 heterocycles. The summed E-state index contributed by atoms with van der Waals surface area (Å²) in [5.41, 5.74) is 0. The Labute approximate surface area is 80.5 Å². The molecule has 1 aliphatic heterocycles. The lowest BCUT2D eigenvalue weighted by Gasteiger charge is -2.25. The van der Waals surface area contributed by atoms with Gasteiger partial charge in [0.1, 0.15) is 0 Å². The summed E-state index contributed by atoms with van der Waals surface area (Å²) in [6.45, 7) is 6.18. The second kappa shape index (κ2) is 5.58. The van der Waals surface area contributed by atoms with Crippen molar-refractivity contribution in [2.75, 3.05) is 19.8 Å². The summed E-state index contributed by atoms with van der Waals surface area (Å²) in [4.78, 5) is 0. The van der Waals surface area contributed by atoms with E-state index < -0.39 is 0 Å². The average molecular weight is 187 g/mol. The van der Waals surface area contributed by atoms with Crippen molar-refractivity contribution >= 4 is 0 Å². The van der Waals surface area contributed by atoms with Crippen molar-refractivity contribution in [3.63, 3.8) is 0 Å². The molecule has 78 valence electrons. The molecule has 0 radical (unpaired) electrons. The zero-order valence-corrected chi connectivity index (χ0v) is 8.62. The molecule has 0 amide bonds. The smallest absolute Gasteiger partial charge is 0.0582 e. The topological polar surface area (TPSA) is 41.5 Å². The number of hydrogen-bond acceptors (Lipinski definition) is 3. The first-order chi connectivity index (χ1) is 6.27. The monoisotopic (exact) mass is 187 g/mol. The van der Waals surface area contributed by atoms with E-state index in [1.807, 2.05) is 6.92 Å². The van der Waals surface area contributed by atoms with Gasteiger partial charge in [-0.15, -0.1) is 0 Å². The number of rotatable bonds is 5. The highest BCUT2D eigenvalue weighted by molar-refractivity contribution is 4.80. The van der Waals surface area contributed by atoms with Crippen LogP contribution in [0.15, 0.2) is 0 Å². The van der Waals surface area contributed by atoms with Crippen LogP contribution in [0.1, 0.15) is 26.7 Å². The Kier molecular flexibility index (Phi) is 4.70. The molecule has 3 heteroatoms. The first-order valence-electron chi connectivity index (χ1n) is 5.22. The number of hydrogen-bond donors (Lipinski definition) is 2. The molecule has 0 saturated carbocycles. The molecular weight excluding hydrogens is 166 g/mol. The van der Waals surface area contributed by atoms with Crippen LogP contribution in [-0.4, -0.2) is 37.0 Å². The van der Waals surface area contributed by atoms with Crippen LogP contribution in [0.25, 0.3) is 0 Å². The third-order valence-corrected chi connectivity index (χ3v) is 2.75. The van der Waals surface area contributed by atoms with Crippen LogP contribution in [0.3, 0.4) is 0 Å². The average Bonchev–Trinajstić information content (AvgIpc) is 2.66. The fraction of sp³-hybridized carbons (Fsp3) is 1.00. The summed E-state index contributed by atoms with van der Waals surface area (Å²) >= 11 is 0. The predicted octanol–water partition coefficient (Wildman–Crippen LogP) is 0.772. The van der Waals surface area contributed by atoms with Gasteiger partial charge in [-0.1, -0.05) is 6.92 Å². The van der Waals surface area contributed by atoms with Crippen molar-refractivity contribution in [3.8, 4) is 0 Å². The van der Waals surface area contributed by atoms with Gasteiger partial charge < -0.3 is 15.2 Å². The van der Waals surface area contributed by atoms with Crippen LogP contribution in [0.2, 0.25) is 0 Å². The zero-order valence-electron chi connectivity index (χ0n) is 8.62. The molecule has 0 spiro atoms. The minimum absolute atomic E-state index is 0.200. The third kappa shape index (κ3) is 3.25. The van der Waals surface area contributed by atoms with Crippen molar-refractivity contribution in [2.24, 2.45) is 5.92 Å². The minimum Gasteiger partial charge on any atom is -0.395 e. The van der Waals surface area contributed by atoms with Gasteiger partial charge in [0, 0.05) is 18.7 Å². The minimum atomic E-state index is 0.200. The number of aliphatic hydroxyl groups excluding tert-OH is 1. The van der Waals surface area contributed by atoms with Crippen LogP contribution >= 0.6 is 0 Å². The molecule has 2 N–H and O–H groups in total. The second-order valence-corrected chi connectivity index (χ2v) is 3.89. The van der Waals surface area contributed by atoms with E-state index in [1.54, 1.807) is 0 Å². The zero-order chi connectivity index (χ0) is 9.68. The van der Waals surface area contributed by atoms with Crippen LogP contribution in [0, 0.1) is 5.92 Å². The van der Waals surface area contributed by atoms with Crippen molar-refractivity contribution in [3.05, 3.63) is 0 Å². The Balaban J connectivity index is 2.32. The van der Waals surface area contributed by atoms with Gasteiger partial charge in [-0.05, 0) is 25.7 Å². The van der Waals surface area contributed by atoms with Gasteiger partial charge in [0.05, 0.1) is 13.2 Å². The van der Waals surface area contributed by atoms with E-state index in [2.05, 4.69) is 12.2 Å². The summed E-state index contributed by atoms with van der Waals surface area (Å²) in [6, 6.07) is 0.704. The molecule has 0 aliphatic carbocycles. The fourth-order valence-electron chi connectivity index (χ4n) is 1.88. The largest absolute Gasteiger partial charge is 0.395 e. The summed E-state index contributed by atoms with van der Waals surface area (Å²) in [6.07, 6.45) is 2.27. The highest BCUT2D eigenvalue weighted by Crippen LogP contribution is 2.19. The van der Waals surface area contributed by atoms with Gasteiger partial charge in [0.15, 0.2) is 0 Å². The van der Waals surface area contributed by atoms with Crippen molar-refractivity contribution in [2.45, 2.75) is 38.8 Å². The lowest BCUT2D eigenvalue weighted by Crippen LogP contribution is -2.43. The molecule has 1 aliphatic rings. The van der Waals surface area contributed by atoms with Crippen LogP contribution in [0.4, 0.5) is 0 Å². The molecular formula is C10H21NO2. The van der Waals surface area contributed by atoms with Gasteiger partial charge in [0.25, 0.3) is 0 Å². The van der Waals surface area contributed by atoms with Crippen LogP contribution < -0.4 is 5.32 Å². The highest BCUT2D eigenvalue weighted by atomic mass is 16.5. The second-order valence-electron chi connectivity index (χ2n) is 3.89. The van der Waals surface area contributed by atoms with Crippen molar-refractivity contribution < 1.29 is 9.84 Å². The van der Waals surface area contributed by atoms with E-state index in [9.17, 15) is 0 Å². The summed E-state index contributed by atoms with van der Waals surface area (Å²) < 4.78 is 5.35. The Morgan fingerprint density at radius 3 is 2.85 bits per heavy atom. The maximum atomic E-state index is 8.93. The molecule has 0 aromatic carbocycles. The molecule has 1 saturated heterocycles. The molecule has 3 atom stereocenters. The molecule has 0 aromatic rings. The third-order valence-electron chi connectivity index (χ3n) is 2.75. The summed E-state index contributed by atoms with van der Waals surface area (Å²) in [7, 11) is 0. The maximum Gasteiger partial charge on any atom is 0.0582 e. The van der Waals surface area contributed by atoms with Crippen molar-refractivity contribution in [1.29, 1.82) is 0 Å². The quantitative estimate of drug-likeness (QED) is 0.668. The fourth-order valence-corrected chi connectivity index (χ4v) is 1.88. The first-order valence-corrected chi connectivity index (χ1v) is 5.22. The molecule has 0 aromatic heterocycles. The van der Waals surface area contributed by atoms with Crippen LogP contribution in [0.5, 0.6) is 0 Å². The van der Waals surface area contributed by atoms with E-state index in [0.29, 0.717) is 12.0 Å². The Hall–Kier alpha value is -0.120. The number of aliphatic hydroxyl groups is 1. The lowest BCUT2D eigenvalue weighted by atomic mass is 9.96. The number of nitrogens with one attached hydrogen (secondary N) is 1. The Morgan fingerprint density at radius 2 is 2.38 bits per heavy atom. The maximum absolute atomic E-state index is 8.93. The van der Waals surface area contributed by atoms with Gasteiger partial charge in [-0.25, -0.2) is 0 Å². The molecule has 1 fully saturated rings. The summed E-state index contributed by atoms with van der Waals surface area (Å²) in [5.74, 6) is 0.638. The van der Waals surface area contributed by atoms with Crippen LogP contribution in [-0.2, 0) is 4.74 Å². The first kappa shape index (κ1) is 11.0. The highest BCUT2D eigenvalue weighted by Gasteiger charge is 2.24. The summed E-state index contributed by atoms with van der Waals surface area (Å²) in [5, 5.41) is 12.4. The number of ether oxygens (including phenoxy) is 1. The van der Waals surface area contributed by atoms with E-state index in [4.69, 9.17) is 9.84 Å². The van der Waals surface area contributed by atoms with Gasteiger partial charge in [-0.3, -0.25) is 0 Å². The molecule has 2 unspecified atom stereocenters. The van der Waals surface area contributed by atoms with Gasteiger partial charge in [-0.2, -0.15) is 0 Å². The van der Waals surface area contributed by atoms with Gasteiger partial charge in [0.2, 0.25) is 0 Å². The normalized spacial score (nSPS) is 27.5. The molecule has 3 nitrogen and oxygen atoms in total. The van der Waals surface area contributed by atoms with E-state index >= 15 is 0 Å². The van der Waals surface area contributed by atoms with Crippen molar-refractivity contribution in [1.82, 2.24) is 5.32 Å². The molecule has 1 rings (SSSR count). The van der Waals surface area contributed by atoms with E-state index in [1.165, 1.54) is 0 Å². The van der Waals surface area contributed by atoms with E-state index in [0.717, 1.165) is 26.1 Å².